The normalized spacial score (nSPS) is 18.3. The Balaban J connectivity index is 1.48. The molecule has 0 spiro atoms. The molecule has 0 saturated heterocycles. The van der Waals surface area contributed by atoms with Crippen molar-refractivity contribution < 1.29 is 9.47 Å². The first-order valence-corrected chi connectivity index (χ1v) is 13.9. The average molecular weight is 568 g/mol. The first kappa shape index (κ1) is 24.7. The Bertz CT molecular complexity index is 1400. The van der Waals surface area contributed by atoms with E-state index in [-0.39, 0.29) is 0 Å². The van der Waals surface area contributed by atoms with Gasteiger partial charge in [0.15, 0.2) is 11.5 Å². The second kappa shape index (κ2) is 10.7. The topological polar surface area (TPSA) is 34.1 Å². The lowest BCUT2D eigenvalue weighted by atomic mass is 9.76. The van der Waals surface area contributed by atoms with Crippen LogP contribution in [0.1, 0.15) is 52.5 Å². The number of nitrogens with zero attached hydrogens (tertiary/aromatic N) is 2. The van der Waals surface area contributed by atoms with E-state index in [4.69, 9.17) is 14.5 Å². The number of hydrogen-bond acceptors (Lipinski definition) is 4. The molecule has 0 aromatic heterocycles. The highest BCUT2D eigenvalue weighted by Gasteiger charge is 2.35. The van der Waals surface area contributed by atoms with E-state index in [1.165, 1.54) is 27.9 Å². The van der Waals surface area contributed by atoms with Gasteiger partial charge in [-0.15, -0.1) is 0 Å². The van der Waals surface area contributed by atoms with Crippen molar-refractivity contribution in [2.75, 3.05) is 32.2 Å². The smallest absolute Gasteiger partial charge is 0.174 e. The Morgan fingerprint density at radius 3 is 1.89 bits per heavy atom. The minimum Gasteiger partial charge on any atom is -0.493 e. The van der Waals surface area contributed by atoms with Crippen LogP contribution in [0.2, 0.25) is 0 Å². The molecule has 0 fully saturated rings. The Hall–Kier alpha value is -3.57. The van der Waals surface area contributed by atoms with Crippen LogP contribution < -0.4 is 14.4 Å². The van der Waals surface area contributed by atoms with E-state index in [0.717, 1.165) is 41.7 Å². The van der Waals surface area contributed by atoms with Gasteiger partial charge in [0.1, 0.15) is 0 Å². The molecule has 0 aliphatic carbocycles. The van der Waals surface area contributed by atoms with E-state index < -0.39 is 0 Å². The molecule has 4 aromatic carbocycles. The fourth-order valence-corrected chi connectivity index (χ4v) is 6.70. The van der Waals surface area contributed by atoms with Gasteiger partial charge in [-0.25, -0.2) is 0 Å². The minimum absolute atomic E-state index is 0.362. The Morgan fingerprint density at radius 1 is 0.789 bits per heavy atom. The second-order valence-corrected chi connectivity index (χ2v) is 10.8. The highest BCUT2D eigenvalue weighted by molar-refractivity contribution is 9.10. The molecular weight excluding hydrogens is 536 g/mol. The summed E-state index contributed by atoms with van der Waals surface area (Å²) in [4.78, 5) is 7.61. The maximum atomic E-state index is 5.54. The Labute approximate surface area is 233 Å². The van der Waals surface area contributed by atoms with Crippen LogP contribution in [-0.4, -0.2) is 33.5 Å². The summed E-state index contributed by atoms with van der Waals surface area (Å²) in [5.74, 6) is 2.08. The zero-order valence-corrected chi connectivity index (χ0v) is 23.3. The lowest BCUT2D eigenvalue weighted by molar-refractivity contribution is 0.353. The molecule has 2 heterocycles. The van der Waals surface area contributed by atoms with Gasteiger partial charge in [0.05, 0.1) is 24.4 Å². The van der Waals surface area contributed by atoms with Crippen molar-refractivity contribution >= 4 is 33.5 Å². The fourth-order valence-electron chi connectivity index (χ4n) is 6.08. The molecule has 2 aliphatic rings. The molecule has 4 nitrogen and oxygen atoms in total. The van der Waals surface area contributed by atoms with Gasteiger partial charge in [-0.1, -0.05) is 60.7 Å². The molecule has 0 saturated carbocycles. The maximum absolute atomic E-state index is 5.54. The molecule has 38 heavy (non-hydrogen) atoms. The SMILES string of the molecule is COc1cc(C=Nc2cc3c4c(c2)[C@H](c2ccccc2)CCN4CC[C@@H]3c2ccccc2)cc(Br)c1OC. The van der Waals surface area contributed by atoms with Crippen molar-refractivity contribution in [3.05, 3.63) is 117 Å². The van der Waals surface area contributed by atoms with Crippen molar-refractivity contribution in [3.63, 3.8) is 0 Å². The standard InChI is InChI=1S/C33H31BrN2O2/c1-37-31-18-22(17-30(34)33(31)38-2)21-35-25-19-28-26(23-9-5-3-6-10-23)13-15-36-16-14-27(29(20-25)32(28)36)24-11-7-4-8-12-24/h3-12,17-21,26-27H,13-16H2,1-2H3/t26-,27+. The van der Waals surface area contributed by atoms with Gasteiger partial charge in [0.2, 0.25) is 0 Å². The molecule has 0 radical (unpaired) electrons. The first-order valence-electron chi connectivity index (χ1n) is 13.1. The monoisotopic (exact) mass is 566 g/mol. The number of rotatable bonds is 6. The van der Waals surface area contributed by atoms with Crippen LogP contribution in [0, 0.1) is 0 Å². The lowest BCUT2D eigenvalue weighted by Crippen LogP contribution is -2.37. The van der Waals surface area contributed by atoms with Crippen molar-refractivity contribution in [1.82, 2.24) is 0 Å². The maximum Gasteiger partial charge on any atom is 0.174 e. The van der Waals surface area contributed by atoms with Crippen LogP contribution >= 0.6 is 15.9 Å². The third-order valence-electron chi connectivity index (χ3n) is 7.82. The summed E-state index contributed by atoms with van der Waals surface area (Å²) in [6, 6.07) is 30.4. The van der Waals surface area contributed by atoms with E-state index in [1.807, 2.05) is 18.3 Å². The van der Waals surface area contributed by atoms with E-state index >= 15 is 0 Å². The van der Waals surface area contributed by atoms with Crippen LogP contribution in [0.3, 0.4) is 0 Å². The molecule has 2 aliphatic heterocycles. The summed E-state index contributed by atoms with van der Waals surface area (Å²) in [7, 11) is 3.29. The number of anilines is 1. The van der Waals surface area contributed by atoms with Crippen LogP contribution in [0.5, 0.6) is 11.5 Å². The van der Waals surface area contributed by atoms with Gasteiger partial charge in [-0.3, -0.25) is 4.99 Å². The number of methoxy groups -OCH3 is 2. The quantitative estimate of drug-likeness (QED) is 0.221. The van der Waals surface area contributed by atoms with Crippen molar-refractivity contribution in [2.45, 2.75) is 24.7 Å². The molecule has 0 unspecified atom stereocenters. The largest absolute Gasteiger partial charge is 0.493 e. The number of ether oxygens (including phenoxy) is 2. The summed E-state index contributed by atoms with van der Waals surface area (Å²) >= 11 is 3.61. The average Bonchev–Trinajstić information content (AvgIpc) is 2.97. The molecule has 2 atom stereocenters. The zero-order valence-electron chi connectivity index (χ0n) is 21.7. The van der Waals surface area contributed by atoms with Crippen molar-refractivity contribution in [3.8, 4) is 11.5 Å². The van der Waals surface area contributed by atoms with E-state index in [9.17, 15) is 0 Å². The molecule has 4 aromatic rings. The van der Waals surface area contributed by atoms with Crippen LogP contribution in [-0.2, 0) is 0 Å². The van der Waals surface area contributed by atoms with E-state index in [1.54, 1.807) is 14.2 Å². The summed E-state index contributed by atoms with van der Waals surface area (Å²) in [6.45, 7) is 2.17. The highest BCUT2D eigenvalue weighted by Crippen LogP contribution is 2.50. The summed E-state index contributed by atoms with van der Waals surface area (Å²) < 4.78 is 11.9. The zero-order chi connectivity index (χ0) is 26.1. The summed E-state index contributed by atoms with van der Waals surface area (Å²) in [5.41, 5.74) is 8.87. The fraction of sp³-hybridized carbons (Fsp3) is 0.242. The minimum atomic E-state index is 0.362. The van der Waals surface area contributed by atoms with Crippen molar-refractivity contribution in [1.29, 1.82) is 0 Å². The summed E-state index contributed by atoms with van der Waals surface area (Å²) in [6.07, 6.45) is 4.14. The molecular formula is C33H31BrN2O2. The van der Waals surface area contributed by atoms with Crippen LogP contribution in [0.15, 0.2) is 94.4 Å². The predicted molar refractivity (Wildman–Crippen MR) is 159 cm³/mol. The number of benzene rings is 4. The second-order valence-electron chi connectivity index (χ2n) is 9.96. The van der Waals surface area contributed by atoms with Gasteiger partial charge < -0.3 is 14.4 Å². The lowest BCUT2D eigenvalue weighted by Gasteiger charge is -2.43. The molecule has 5 heteroatoms. The first-order chi connectivity index (χ1) is 18.7. The van der Waals surface area contributed by atoms with E-state index in [0.29, 0.717) is 23.3 Å². The van der Waals surface area contributed by atoms with Gasteiger partial charge in [-0.05, 0) is 80.9 Å². The Kier molecular flexibility index (Phi) is 6.94. The number of hydrogen-bond donors (Lipinski definition) is 0. The molecule has 192 valence electrons. The molecule has 0 amide bonds. The molecule has 6 rings (SSSR count). The highest BCUT2D eigenvalue weighted by atomic mass is 79.9. The number of aliphatic imine (C=N–C) groups is 1. The van der Waals surface area contributed by atoms with Gasteiger partial charge in [-0.2, -0.15) is 0 Å². The van der Waals surface area contributed by atoms with Crippen LogP contribution in [0.4, 0.5) is 11.4 Å². The third kappa shape index (κ3) is 4.60. The van der Waals surface area contributed by atoms with Gasteiger partial charge in [0, 0.05) is 36.8 Å². The molecule has 0 bridgehead atoms. The third-order valence-corrected chi connectivity index (χ3v) is 8.41. The van der Waals surface area contributed by atoms with Gasteiger partial charge in [0.25, 0.3) is 0 Å². The predicted octanol–water partition coefficient (Wildman–Crippen LogP) is 8.09. The Morgan fingerprint density at radius 2 is 1.37 bits per heavy atom. The van der Waals surface area contributed by atoms with Crippen molar-refractivity contribution in [2.24, 2.45) is 4.99 Å². The summed E-state index contributed by atoms with van der Waals surface area (Å²) in [5, 5.41) is 0. The van der Waals surface area contributed by atoms with Gasteiger partial charge >= 0.3 is 0 Å². The van der Waals surface area contributed by atoms with Crippen LogP contribution in [0.25, 0.3) is 0 Å². The van der Waals surface area contributed by atoms with E-state index in [2.05, 4.69) is 93.6 Å². The number of halogens is 1. The molecule has 0 N–H and O–H groups in total.